The summed E-state index contributed by atoms with van der Waals surface area (Å²) in [6.07, 6.45) is 2.29. The van der Waals surface area contributed by atoms with Crippen LogP contribution in [0.15, 0.2) is 27.6 Å². The SMILES string of the molecule is CC(C)(C(=O)N1CCOCC1)S(=O)(=O)c1ccc(N2CCCC2)c(Br)c1. The van der Waals surface area contributed by atoms with Gasteiger partial charge in [0, 0.05) is 30.7 Å². The van der Waals surface area contributed by atoms with Crippen molar-refractivity contribution in [1.82, 2.24) is 4.90 Å². The first-order chi connectivity index (χ1) is 12.2. The fourth-order valence-electron chi connectivity index (χ4n) is 3.43. The molecule has 0 bridgehead atoms. The van der Waals surface area contributed by atoms with Crippen LogP contribution in [0.5, 0.6) is 0 Å². The topological polar surface area (TPSA) is 66.9 Å². The lowest BCUT2D eigenvalue weighted by molar-refractivity contribution is -0.137. The number of halogens is 1. The molecule has 0 spiro atoms. The lowest BCUT2D eigenvalue weighted by atomic mass is 10.1. The Labute approximate surface area is 163 Å². The normalized spacial score (nSPS) is 19.0. The van der Waals surface area contributed by atoms with Gasteiger partial charge in [0.1, 0.15) is 4.75 Å². The van der Waals surface area contributed by atoms with Gasteiger partial charge in [0.25, 0.3) is 0 Å². The molecule has 6 nitrogen and oxygen atoms in total. The smallest absolute Gasteiger partial charge is 0.244 e. The number of amides is 1. The molecule has 2 aliphatic heterocycles. The number of nitrogens with zero attached hydrogens (tertiary/aromatic N) is 2. The van der Waals surface area contributed by atoms with Crippen molar-refractivity contribution in [2.45, 2.75) is 36.3 Å². The Morgan fingerprint density at radius 1 is 1.12 bits per heavy atom. The Morgan fingerprint density at radius 2 is 1.73 bits per heavy atom. The number of morpholine rings is 1. The largest absolute Gasteiger partial charge is 0.378 e. The average Bonchev–Trinajstić information content (AvgIpc) is 3.15. The number of hydrogen-bond donors (Lipinski definition) is 0. The van der Waals surface area contributed by atoms with Gasteiger partial charge in [-0.3, -0.25) is 4.79 Å². The first-order valence-electron chi connectivity index (χ1n) is 8.91. The summed E-state index contributed by atoms with van der Waals surface area (Å²) < 4.78 is 30.9. The molecule has 1 aromatic rings. The second-order valence-corrected chi connectivity index (χ2v) is 10.6. The van der Waals surface area contributed by atoms with Gasteiger partial charge in [-0.25, -0.2) is 8.42 Å². The van der Waals surface area contributed by atoms with E-state index in [2.05, 4.69) is 20.8 Å². The third kappa shape index (κ3) is 3.51. The molecule has 144 valence electrons. The zero-order valence-corrected chi connectivity index (χ0v) is 17.6. The molecule has 0 saturated carbocycles. The molecule has 0 aliphatic carbocycles. The molecule has 1 aromatic carbocycles. The molecule has 2 aliphatic rings. The highest BCUT2D eigenvalue weighted by Crippen LogP contribution is 2.35. The van der Waals surface area contributed by atoms with Gasteiger partial charge in [0.05, 0.1) is 23.8 Å². The van der Waals surface area contributed by atoms with E-state index in [1.165, 1.54) is 13.8 Å². The van der Waals surface area contributed by atoms with Gasteiger partial charge >= 0.3 is 0 Å². The highest BCUT2D eigenvalue weighted by molar-refractivity contribution is 9.10. The summed E-state index contributed by atoms with van der Waals surface area (Å²) in [5, 5.41) is 0. The van der Waals surface area contributed by atoms with Crippen molar-refractivity contribution in [3.63, 3.8) is 0 Å². The first-order valence-corrected chi connectivity index (χ1v) is 11.2. The van der Waals surface area contributed by atoms with Crippen molar-refractivity contribution in [2.24, 2.45) is 0 Å². The summed E-state index contributed by atoms with van der Waals surface area (Å²) in [5.41, 5.74) is 0.999. The third-order valence-corrected chi connectivity index (χ3v) is 8.19. The van der Waals surface area contributed by atoms with Gasteiger partial charge in [-0.15, -0.1) is 0 Å². The van der Waals surface area contributed by atoms with Crippen LogP contribution in [0.4, 0.5) is 5.69 Å². The lowest BCUT2D eigenvalue weighted by Crippen LogP contribution is -2.53. The maximum absolute atomic E-state index is 13.2. The van der Waals surface area contributed by atoms with Crippen LogP contribution < -0.4 is 4.90 Å². The molecule has 0 radical (unpaired) electrons. The minimum Gasteiger partial charge on any atom is -0.378 e. The molecule has 1 amide bonds. The predicted octanol–water partition coefficient (Wildman–Crippen LogP) is 2.46. The summed E-state index contributed by atoms with van der Waals surface area (Å²) >= 11 is 3.51. The molecule has 8 heteroatoms. The van der Waals surface area contributed by atoms with E-state index in [0.29, 0.717) is 26.3 Å². The van der Waals surface area contributed by atoms with E-state index in [1.807, 2.05) is 6.07 Å². The average molecular weight is 445 g/mol. The van der Waals surface area contributed by atoms with Gasteiger partial charge in [-0.1, -0.05) is 0 Å². The molecule has 26 heavy (non-hydrogen) atoms. The van der Waals surface area contributed by atoms with Crippen LogP contribution in [0.2, 0.25) is 0 Å². The van der Waals surface area contributed by atoms with Crippen LogP contribution >= 0.6 is 15.9 Å². The quantitative estimate of drug-likeness (QED) is 0.713. The number of rotatable bonds is 4. The van der Waals surface area contributed by atoms with E-state index in [9.17, 15) is 13.2 Å². The molecule has 0 N–H and O–H groups in total. The van der Waals surface area contributed by atoms with Crippen molar-refractivity contribution in [2.75, 3.05) is 44.3 Å². The predicted molar refractivity (Wildman–Crippen MR) is 104 cm³/mol. The van der Waals surface area contributed by atoms with Crippen LogP contribution in [-0.4, -0.2) is 63.4 Å². The van der Waals surface area contributed by atoms with E-state index >= 15 is 0 Å². The molecule has 2 saturated heterocycles. The van der Waals surface area contributed by atoms with Gasteiger partial charge in [0.15, 0.2) is 9.84 Å². The third-order valence-electron chi connectivity index (χ3n) is 5.16. The van der Waals surface area contributed by atoms with Crippen molar-refractivity contribution in [1.29, 1.82) is 0 Å². The minimum absolute atomic E-state index is 0.166. The molecular weight excluding hydrogens is 420 g/mol. The van der Waals surface area contributed by atoms with Crippen LogP contribution in [0.25, 0.3) is 0 Å². The summed E-state index contributed by atoms with van der Waals surface area (Å²) in [4.78, 5) is 16.9. The summed E-state index contributed by atoms with van der Waals surface area (Å²) in [7, 11) is -3.83. The number of benzene rings is 1. The van der Waals surface area contributed by atoms with Crippen LogP contribution in [0.3, 0.4) is 0 Å². The van der Waals surface area contributed by atoms with Gasteiger partial charge in [0.2, 0.25) is 5.91 Å². The summed E-state index contributed by atoms with van der Waals surface area (Å²) in [6.45, 7) is 6.67. The number of carbonyl (C=O) groups is 1. The van der Waals surface area contributed by atoms with E-state index in [0.717, 1.165) is 36.1 Å². The highest BCUT2D eigenvalue weighted by Gasteiger charge is 2.45. The highest BCUT2D eigenvalue weighted by atomic mass is 79.9. The number of anilines is 1. The Bertz CT molecular complexity index is 782. The Balaban J connectivity index is 1.88. The Hall–Kier alpha value is -1.12. The Morgan fingerprint density at radius 3 is 2.31 bits per heavy atom. The first kappa shape index (κ1) is 19.6. The van der Waals surface area contributed by atoms with Crippen LogP contribution in [0.1, 0.15) is 26.7 Å². The number of carbonyl (C=O) groups excluding carboxylic acids is 1. The minimum atomic E-state index is -3.83. The van der Waals surface area contributed by atoms with Crippen LogP contribution in [0, 0.1) is 0 Å². The van der Waals surface area contributed by atoms with Crippen molar-refractivity contribution in [3.8, 4) is 0 Å². The lowest BCUT2D eigenvalue weighted by Gasteiger charge is -2.34. The number of ether oxygens (including phenoxy) is 1. The maximum atomic E-state index is 13.2. The van der Waals surface area contributed by atoms with E-state index in [4.69, 9.17) is 4.74 Å². The fourth-order valence-corrected chi connectivity index (χ4v) is 5.68. The number of sulfone groups is 1. The molecule has 3 rings (SSSR count). The van der Waals surface area contributed by atoms with Crippen molar-refractivity contribution in [3.05, 3.63) is 22.7 Å². The van der Waals surface area contributed by atoms with E-state index < -0.39 is 14.6 Å². The molecular formula is C18H25BrN2O4S. The van der Waals surface area contributed by atoms with Crippen molar-refractivity contribution >= 4 is 37.4 Å². The molecule has 2 heterocycles. The maximum Gasteiger partial charge on any atom is 0.244 e. The van der Waals surface area contributed by atoms with Gasteiger partial charge < -0.3 is 14.5 Å². The van der Waals surface area contributed by atoms with Crippen molar-refractivity contribution < 1.29 is 17.9 Å². The molecule has 0 atom stereocenters. The second-order valence-electron chi connectivity index (χ2n) is 7.23. The Kier molecular flexibility index (Phi) is 5.65. The summed E-state index contributed by atoms with van der Waals surface area (Å²) in [5.74, 6) is -0.374. The monoisotopic (exact) mass is 444 g/mol. The zero-order valence-electron chi connectivity index (χ0n) is 15.2. The fraction of sp³-hybridized carbons (Fsp3) is 0.611. The van der Waals surface area contributed by atoms with E-state index in [-0.39, 0.29) is 10.8 Å². The second kappa shape index (κ2) is 7.48. The van der Waals surface area contributed by atoms with Gasteiger partial charge in [-0.2, -0.15) is 0 Å². The van der Waals surface area contributed by atoms with E-state index in [1.54, 1.807) is 17.0 Å². The van der Waals surface area contributed by atoms with Crippen LogP contribution in [-0.2, 0) is 19.4 Å². The summed E-state index contributed by atoms with van der Waals surface area (Å²) in [6, 6.07) is 5.07. The van der Waals surface area contributed by atoms with Gasteiger partial charge in [-0.05, 0) is 60.8 Å². The standard InChI is InChI=1S/C18H25BrN2O4S/c1-18(2,17(22)21-9-11-25-12-10-21)26(23,24)14-5-6-16(15(19)13-14)20-7-3-4-8-20/h5-6,13H,3-4,7-12H2,1-2H3. The molecule has 0 unspecified atom stereocenters. The number of hydrogen-bond acceptors (Lipinski definition) is 5. The molecule has 0 aromatic heterocycles. The zero-order chi connectivity index (χ0) is 18.9. The molecule has 2 fully saturated rings.